The van der Waals surface area contributed by atoms with Gasteiger partial charge in [-0.15, -0.1) is 0 Å². The fourth-order valence-corrected chi connectivity index (χ4v) is 9.66. The quantitative estimate of drug-likeness (QED) is 0.179. The van der Waals surface area contributed by atoms with E-state index in [1.165, 1.54) is 70.5 Å². The van der Waals surface area contributed by atoms with Crippen LogP contribution in [0.2, 0.25) is 0 Å². The van der Waals surface area contributed by atoms with E-state index in [1.807, 2.05) is 0 Å². The van der Waals surface area contributed by atoms with Crippen LogP contribution in [0.15, 0.2) is 206 Å². The average molecular weight is 763 g/mol. The number of hydrogen-bond acceptors (Lipinski definition) is 2. The maximum Gasteiger partial charge on any atom is 0.160 e. The summed E-state index contributed by atoms with van der Waals surface area (Å²) in [5.41, 5.74) is 10.8. The summed E-state index contributed by atoms with van der Waals surface area (Å²) in [5, 5.41) is 13.2. The SMILES string of the molecule is c1ccc(-n2c3ccccc3c3cc4ccc(-c5nc(-c6cccc(-n7c8cc9ccccc9cc8c8ccc9ccccc9c87)c6)nc6ccccc56)cc4cc32)cc1. The normalized spacial score (nSPS) is 12.0. The van der Waals surface area contributed by atoms with E-state index < -0.39 is 0 Å². The van der Waals surface area contributed by atoms with Gasteiger partial charge in [-0.3, -0.25) is 0 Å². The highest BCUT2D eigenvalue weighted by molar-refractivity contribution is 6.21. The second kappa shape index (κ2) is 12.7. The van der Waals surface area contributed by atoms with Crippen LogP contribution in [-0.4, -0.2) is 19.1 Å². The largest absolute Gasteiger partial charge is 0.309 e. The van der Waals surface area contributed by atoms with Crippen molar-refractivity contribution < 1.29 is 0 Å². The third-order valence-electron chi connectivity index (χ3n) is 12.4. The molecule has 60 heavy (non-hydrogen) atoms. The maximum atomic E-state index is 5.42. The highest BCUT2D eigenvalue weighted by Crippen LogP contribution is 2.40. The molecule has 0 bridgehead atoms. The molecular weight excluding hydrogens is 729 g/mol. The summed E-state index contributed by atoms with van der Waals surface area (Å²) in [4.78, 5) is 10.6. The van der Waals surface area contributed by atoms with E-state index in [9.17, 15) is 0 Å². The molecular formula is C56H34N4. The number of benzene rings is 10. The van der Waals surface area contributed by atoms with Crippen molar-refractivity contribution >= 4 is 86.8 Å². The molecule has 0 fully saturated rings. The van der Waals surface area contributed by atoms with Crippen molar-refractivity contribution in [3.05, 3.63) is 206 Å². The highest BCUT2D eigenvalue weighted by atomic mass is 15.0. The summed E-state index contributed by atoms with van der Waals surface area (Å²) in [6, 6.07) is 74.4. The van der Waals surface area contributed by atoms with Gasteiger partial charge in [0.15, 0.2) is 5.82 Å². The zero-order valence-electron chi connectivity index (χ0n) is 32.4. The summed E-state index contributed by atoms with van der Waals surface area (Å²) in [5.74, 6) is 0.696. The molecule has 0 aliphatic heterocycles. The molecule has 10 aromatic carbocycles. The Morgan fingerprint density at radius 3 is 1.80 bits per heavy atom. The first kappa shape index (κ1) is 32.9. The van der Waals surface area contributed by atoms with Crippen LogP contribution in [0.25, 0.3) is 121 Å². The van der Waals surface area contributed by atoms with E-state index in [-0.39, 0.29) is 0 Å². The van der Waals surface area contributed by atoms with Gasteiger partial charge in [0.05, 0.1) is 33.3 Å². The van der Waals surface area contributed by atoms with E-state index in [1.54, 1.807) is 0 Å². The topological polar surface area (TPSA) is 35.6 Å². The van der Waals surface area contributed by atoms with Gasteiger partial charge in [0, 0.05) is 54.8 Å². The molecule has 3 heterocycles. The Hall–Kier alpha value is -8.08. The number of aromatic nitrogens is 4. The Morgan fingerprint density at radius 2 is 0.933 bits per heavy atom. The molecule has 4 heteroatoms. The predicted molar refractivity (Wildman–Crippen MR) is 252 cm³/mol. The maximum absolute atomic E-state index is 5.42. The van der Waals surface area contributed by atoms with Crippen LogP contribution >= 0.6 is 0 Å². The molecule has 0 amide bonds. The van der Waals surface area contributed by atoms with Gasteiger partial charge in [0.25, 0.3) is 0 Å². The summed E-state index contributed by atoms with van der Waals surface area (Å²) in [7, 11) is 0. The third-order valence-corrected chi connectivity index (χ3v) is 12.4. The molecule has 0 N–H and O–H groups in total. The van der Waals surface area contributed by atoms with Gasteiger partial charge < -0.3 is 9.13 Å². The van der Waals surface area contributed by atoms with Gasteiger partial charge in [0.1, 0.15) is 0 Å². The first-order valence-electron chi connectivity index (χ1n) is 20.5. The lowest BCUT2D eigenvalue weighted by atomic mass is 10.00. The first-order valence-corrected chi connectivity index (χ1v) is 20.5. The molecule has 13 aromatic rings. The lowest BCUT2D eigenvalue weighted by molar-refractivity contribution is 1.18. The Morgan fingerprint density at radius 1 is 0.300 bits per heavy atom. The van der Waals surface area contributed by atoms with E-state index in [0.29, 0.717) is 5.82 Å². The zero-order chi connectivity index (χ0) is 39.3. The van der Waals surface area contributed by atoms with Crippen molar-refractivity contribution in [1.82, 2.24) is 19.1 Å². The molecule has 0 atom stereocenters. The van der Waals surface area contributed by atoms with Gasteiger partial charge in [-0.05, 0) is 93.7 Å². The van der Waals surface area contributed by atoms with Gasteiger partial charge >= 0.3 is 0 Å². The zero-order valence-corrected chi connectivity index (χ0v) is 32.4. The molecule has 4 nitrogen and oxygen atoms in total. The lowest BCUT2D eigenvalue weighted by Crippen LogP contribution is -1.98. The van der Waals surface area contributed by atoms with Crippen LogP contribution in [0, 0.1) is 0 Å². The molecule has 0 saturated carbocycles. The van der Waals surface area contributed by atoms with Crippen molar-refractivity contribution in [1.29, 1.82) is 0 Å². The molecule has 0 unspecified atom stereocenters. The minimum absolute atomic E-state index is 0.696. The molecule has 3 aromatic heterocycles. The molecule has 13 rings (SSSR count). The minimum atomic E-state index is 0.696. The van der Waals surface area contributed by atoms with Crippen LogP contribution < -0.4 is 0 Å². The molecule has 0 aliphatic carbocycles. The molecule has 0 saturated heterocycles. The lowest BCUT2D eigenvalue weighted by Gasteiger charge is -2.13. The first-order chi connectivity index (χ1) is 29.7. The third kappa shape index (κ3) is 4.91. The summed E-state index contributed by atoms with van der Waals surface area (Å²) < 4.78 is 4.81. The van der Waals surface area contributed by atoms with Gasteiger partial charge in [-0.2, -0.15) is 0 Å². The Labute approximate surface area is 344 Å². The number of hydrogen-bond donors (Lipinski definition) is 0. The number of nitrogens with zero attached hydrogens (tertiary/aromatic N) is 4. The van der Waals surface area contributed by atoms with E-state index in [0.717, 1.165) is 44.5 Å². The summed E-state index contributed by atoms with van der Waals surface area (Å²) in [6.07, 6.45) is 0. The van der Waals surface area contributed by atoms with E-state index >= 15 is 0 Å². The van der Waals surface area contributed by atoms with Crippen LogP contribution in [-0.2, 0) is 0 Å². The highest BCUT2D eigenvalue weighted by Gasteiger charge is 2.19. The monoisotopic (exact) mass is 762 g/mol. The molecule has 0 radical (unpaired) electrons. The molecule has 0 spiro atoms. The van der Waals surface area contributed by atoms with Crippen LogP contribution in [0.4, 0.5) is 0 Å². The van der Waals surface area contributed by atoms with Crippen LogP contribution in [0.1, 0.15) is 0 Å². The predicted octanol–water partition coefficient (Wildman–Crippen LogP) is 14.6. The smallest absolute Gasteiger partial charge is 0.160 e. The van der Waals surface area contributed by atoms with Crippen molar-refractivity contribution in [2.45, 2.75) is 0 Å². The Kier molecular flexibility index (Phi) is 6.98. The van der Waals surface area contributed by atoms with Crippen molar-refractivity contribution in [2.24, 2.45) is 0 Å². The fourth-order valence-electron chi connectivity index (χ4n) is 9.66. The second-order valence-electron chi connectivity index (χ2n) is 15.8. The minimum Gasteiger partial charge on any atom is -0.309 e. The van der Waals surface area contributed by atoms with Gasteiger partial charge in [-0.1, -0.05) is 140 Å². The Bertz CT molecular complexity index is 3890. The molecule has 278 valence electrons. The summed E-state index contributed by atoms with van der Waals surface area (Å²) >= 11 is 0. The van der Waals surface area contributed by atoms with E-state index in [4.69, 9.17) is 9.97 Å². The van der Waals surface area contributed by atoms with Crippen LogP contribution in [0.3, 0.4) is 0 Å². The number of fused-ring (bicyclic) bond motifs is 11. The van der Waals surface area contributed by atoms with Crippen molar-refractivity contribution in [3.8, 4) is 34.0 Å². The van der Waals surface area contributed by atoms with Crippen molar-refractivity contribution in [3.63, 3.8) is 0 Å². The molecule has 0 aliphatic rings. The van der Waals surface area contributed by atoms with Gasteiger partial charge in [-0.25, -0.2) is 9.97 Å². The summed E-state index contributed by atoms with van der Waals surface area (Å²) in [6.45, 7) is 0. The fraction of sp³-hybridized carbons (Fsp3) is 0. The van der Waals surface area contributed by atoms with E-state index in [2.05, 4.69) is 215 Å². The Balaban J connectivity index is 1.01. The van der Waals surface area contributed by atoms with Gasteiger partial charge in [0.2, 0.25) is 0 Å². The second-order valence-corrected chi connectivity index (χ2v) is 15.8. The average Bonchev–Trinajstić information content (AvgIpc) is 3.81. The van der Waals surface area contributed by atoms with Crippen molar-refractivity contribution in [2.75, 3.05) is 0 Å². The number of rotatable bonds is 4. The standard InChI is InChI=1S/C56H34N4/c1-2-17-42(18-3-1)59-51-24-11-9-21-45(51)48-32-38-25-26-39(29-41(38)34-52(48)59)54-47-22-8-10-23-50(47)57-56(58-54)40-16-12-19-43(30-40)60-53-33-37-15-5-4-14-36(37)31-49(53)46-28-27-35-13-6-7-20-44(35)55(46)60/h1-34H. The van der Waals surface area contributed by atoms with Crippen LogP contribution in [0.5, 0.6) is 0 Å². The number of para-hydroxylation sites is 3.